The second kappa shape index (κ2) is 5.87. The van der Waals surface area contributed by atoms with Gasteiger partial charge in [-0.2, -0.15) is 0 Å². The number of rotatable bonds is 6. The lowest BCUT2D eigenvalue weighted by atomic mass is 9.71. The van der Waals surface area contributed by atoms with Crippen molar-refractivity contribution in [1.82, 2.24) is 0 Å². The molecule has 0 bridgehead atoms. The van der Waals surface area contributed by atoms with Crippen molar-refractivity contribution < 1.29 is 9.53 Å². The molecule has 1 aromatic carbocycles. The van der Waals surface area contributed by atoms with Crippen LogP contribution in [0.3, 0.4) is 0 Å². The highest BCUT2D eigenvalue weighted by Crippen LogP contribution is 2.42. The second-order valence-electron chi connectivity index (χ2n) is 5.30. The molecule has 0 aromatic heterocycles. The fourth-order valence-electron chi connectivity index (χ4n) is 2.22. The molecule has 3 heteroatoms. The predicted molar refractivity (Wildman–Crippen MR) is 76.4 cm³/mol. The van der Waals surface area contributed by atoms with E-state index in [0.29, 0.717) is 11.8 Å². The summed E-state index contributed by atoms with van der Waals surface area (Å²) in [6.07, 6.45) is 4.32. The number of hydrogen-bond acceptors (Lipinski definition) is 2. The van der Waals surface area contributed by atoms with Crippen LogP contribution in [-0.2, 0) is 11.2 Å². The standard InChI is InChI=1S/C15H19BrO2/c1-12(17)9-13-3-5-14(6-4-13)18-11-15(10-16)7-2-8-15/h3-6H,2,7-11H2,1H3. The van der Waals surface area contributed by atoms with E-state index in [1.54, 1.807) is 6.92 Å². The summed E-state index contributed by atoms with van der Waals surface area (Å²) < 4.78 is 5.85. The maximum atomic E-state index is 11.0. The minimum absolute atomic E-state index is 0.191. The molecule has 1 fully saturated rings. The fraction of sp³-hybridized carbons (Fsp3) is 0.533. The van der Waals surface area contributed by atoms with Crippen molar-refractivity contribution in [2.45, 2.75) is 32.6 Å². The van der Waals surface area contributed by atoms with Crippen molar-refractivity contribution in [3.8, 4) is 5.75 Å². The molecule has 1 aliphatic carbocycles. The van der Waals surface area contributed by atoms with Crippen LogP contribution >= 0.6 is 15.9 Å². The number of hydrogen-bond donors (Lipinski definition) is 0. The van der Waals surface area contributed by atoms with Gasteiger partial charge >= 0.3 is 0 Å². The molecular weight excluding hydrogens is 292 g/mol. The summed E-state index contributed by atoms with van der Waals surface area (Å²) in [5.74, 6) is 1.09. The smallest absolute Gasteiger partial charge is 0.134 e. The highest BCUT2D eigenvalue weighted by Gasteiger charge is 2.36. The molecule has 1 aromatic rings. The van der Waals surface area contributed by atoms with E-state index in [2.05, 4.69) is 15.9 Å². The molecule has 0 amide bonds. The van der Waals surface area contributed by atoms with Crippen LogP contribution in [-0.4, -0.2) is 17.7 Å². The second-order valence-corrected chi connectivity index (χ2v) is 5.86. The van der Waals surface area contributed by atoms with E-state index in [0.717, 1.165) is 23.2 Å². The number of carbonyl (C=O) groups excluding carboxylic acids is 1. The summed E-state index contributed by atoms with van der Waals surface area (Å²) in [6.45, 7) is 2.39. The molecule has 2 nitrogen and oxygen atoms in total. The van der Waals surface area contributed by atoms with Crippen molar-refractivity contribution in [3.63, 3.8) is 0 Å². The van der Waals surface area contributed by atoms with E-state index in [9.17, 15) is 4.79 Å². The predicted octanol–water partition coefficient (Wildman–Crippen LogP) is 3.76. The summed E-state index contributed by atoms with van der Waals surface area (Å²) in [5.41, 5.74) is 1.40. The Morgan fingerprint density at radius 3 is 2.44 bits per heavy atom. The molecule has 1 aliphatic rings. The van der Waals surface area contributed by atoms with E-state index < -0.39 is 0 Å². The van der Waals surface area contributed by atoms with Crippen LogP contribution in [0, 0.1) is 5.41 Å². The Bertz CT molecular complexity index is 401. The minimum atomic E-state index is 0.191. The molecule has 1 saturated carbocycles. The van der Waals surface area contributed by atoms with Crippen molar-refractivity contribution in [3.05, 3.63) is 29.8 Å². The molecule has 0 heterocycles. The Morgan fingerprint density at radius 1 is 1.33 bits per heavy atom. The van der Waals surface area contributed by atoms with Gasteiger partial charge in [0, 0.05) is 17.2 Å². The first kappa shape index (κ1) is 13.6. The van der Waals surface area contributed by atoms with E-state index in [4.69, 9.17) is 4.74 Å². The number of halogens is 1. The lowest BCUT2D eigenvalue weighted by Gasteiger charge is -2.39. The third kappa shape index (κ3) is 3.35. The maximum absolute atomic E-state index is 11.0. The van der Waals surface area contributed by atoms with Crippen LogP contribution in [0.4, 0.5) is 0 Å². The minimum Gasteiger partial charge on any atom is -0.493 e. The van der Waals surface area contributed by atoms with Gasteiger partial charge in [0.25, 0.3) is 0 Å². The summed E-state index contributed by atoms with van der Waals surface area (Å²) in [4.78, 5) is 11.0. The average Bonchev–Trinajstić information content (AvgIpc) is 2.30. The van der Waals surface area contributed by atoms with Gasteiger partial charge in [0.15, 0.2) is 0 Å². The van der Waals surface area contributed by atoms with Gasteiger partial charge in [-0.05, 0) is 37.5 Å². The summed E-state index contributed by atoms with van der Waals surface area (Å²) in [5, 5.41) is 1.02. The van der Waals surface area contributed by atoms with Gasteiger partial charge in [0.2, 0.25) is 0 Å². The molecule has 0 saturated heterocycles. The van der Waals surface area contributed by atoms with Gasteiger partial charge in [0.05, 0.1) is 6.61 Å². The van der Waals surface area contributed by atoms with Gasteiger partial charge in [0.1, 0.15) is 11.5 Å². The molecule has 0 spiro atoms. The van der Waals surface area contributed by atoms with Crippen molar-refractivity contribution in [1.29, 1.82) is 0 Å². The van der Waals surface area contributed by atoms with Gasteiger partial charge < -0.3 is 4.74 Å². The Labute approximate surface area is 117 Å². The number of Topliss-reactive ketones (excluding diaryl/α,β-unsaturated/α-hetero) is 1. The fourth-order valence-corrected chi connectivity index (χ4v) is 2.94. The number of ether oxygens (including phenoxy) is 1. The number of ketones is 1. The first-order chi connectivity index (χ1) is 8.63. The largest absolute Gasteiger partial charge is 0.493 e. The maximum Gasteiger partial charge on any atom is 0.134 e. The third-order valence-corrected chi connectivity index (χ3v) is 4.81. The zero-order valence-corrected chi connectivity index (χ0v) is 12.3. The molecule has 0 aliphatic heterocycles. The van der Waals surface area contributed by atoms with Crippen LogP contribution in [0.2, 0.25) is 0 Å². The van der Waals surface area contributed by atoms with Crippen LogP contribution in [0.15, 0.2) is 24.3 Å². The quantitative estimate of drug-likeness (QED) is 0.748. The van der Waals surface area contributed by atoms with Gasteiger partial charge in [-0.1, -0.05) is 34.5 Å². The van der Waals surface area contributed by atoms with Crippen LogP contribution < -0.4 is 4.74 Å². The molecule has 2 rings (SSSR count). The van der Waals surface area contributed by atoms with E-state index in [1.807, 2.05) is 24.3 Å². The number of alkyl halides is 1. The zero-order valence-electron chi connectivity index (χ0n) is 10.7. The number of benzene rings is 1. The Balaban J connectivity index is 1.88. The third-order valence-electron chi connectivity index (χ3n) is 3.62. The molecule has 0 atom stereocenters. The highest BCUT2D eigenvalue weighted by atomic mass is 79.9. The topological polar surface area (TPSA) is 26.3 Å². The lowest BCUT2D eigenvalue weighted by Crippen LogP contribution is -2.37. The van der Waals surface area contributed by atoms with Crippen LogP contribution in [0.5, 0.6) is 5.75 Å². The van der Waals surface area contributed by atoms with Crippen molar-refractivity contribution in [2.24, 2.45) is 5.41 Å². The molecule has 18 heavy (non-hydrogen) atoms. The average molecular weight is 311 g/mol. The Hall–Kier alpha value is -0.830. The van der Waals surface area contributed by atoms with Crippen LogP contribution in [0.25, 0.3) is 0 Å². The Kier molecular flexibility index (Phi) is 4.44. The molecule has 0 unspecified atom stereocenters. The molecular formula is C15H19BrO2. The SMILES string of the molecule is CC(=O)Cc1ccc(OCC2(CBr)CCC2)cc1. The summed E-state index contributed by atoms with van der Waals surface area (Å²) >= 11 is 3.58. The molecule has 0 radical (unpaired) electrons. The lowest BCUT2D eigenvalue weighted by molar-refractivity contribution is -0.116. The Morgan fingerprint density at radius 2 is 2.00 bits per heavy atom. The first-order valence-electron chi connectivity index (χ1n) is 6.41. The zero-order chi connectivity index (χ0) is 13.0. The normalized spacial score (nSPS) is 17.0. The first-order valence-corrected chi connectivity index (χ1v) is 7.53. The van der Waals surface area contributed by atoms with Crippen LogP contribution in [0.1, 0.15) is 31.7 Å². The van der Waals surface area contributed by atoms with Gasteiger partial charge in [-0.15, -0.1) is 0 Å². The van der Waals surface area contributed by atoms with Gasteiger partial charge in [-0.3, -0.25) is 4.79 Å². The molecule has 0 N–H and O–H groups in total. The van der Waals surface area contributed by atoms with Crippen molar-refractivity contribution >= 4 is 21.7 Å². The highest BCUT2D eigenvalue weighted by molar-refractivity contribution is 9.09. The molecule has 98 valence electrons. The van der Waals surface area contributed by atoms with E-state index >= 15 is 0 Å². The van der Waals surface area contributed by atoms with Gasteiger partial charge in [-0.25, -0.2) is 0 Å². The number of carbonyl (C=O) groups is 1. The van der Waals surface area contributed by atoms with E-state index in [1.165, 1.54) is 19.3 Å². The summed E-state index contributed by atoms with van der Waals surface area (Å²) in [7, 11) is 0. The summed E-state index contributed by atoms with van der Waals surface area (Å²) in [6, 6.07) is 7.86. The van der Waals surface area contributed by atoms with E-state index in [-0.39, 0.29) is 5.78 Å². The van der Waals surface area contributed by atoms with Crippen molar-refractivity contribution in [2.75, 3.05) is 11.9 Å². The monoisotopic (exact) mass is 310 g/mol.